The second-order valence-electron chi connectivity index (χ2n) is 4.92. The summed E-state index contributed by atoms with van der Waals surface area (Å²) >= 11 is 0. The first-order chi connectivity index (χ1) is 6.32. The molecule has 1 aliphatic carbocycles. The molecule has 1 rings (SSSR count). The number of amides is 1. The van der Waals surface area contributed by atoms with Crippen LogP contribution in [-0.4, -0.2) is 23.0 Å². The molecule has 4 heteroatoms. The van der Waals surface area contributed by atoms with Crippen LogP contribution in [0.4, 0.5) is 0 Å². The van der Waals surface area contributed by atoms with Crippen molar-refractivity contribution in [2.45, 2.75) is 39.7 Å². The van der Waals surface area contributed by atoms with E-state index in [-0.39, 0.29) is 11.8 Å². The van der Waals surface area contributed by atoms with Crippen LogP contribution in [0.25, 0.3) is 0 Å². The molecule has 1 aliphatic rings. The Morgan fingerprint density at radius 2 is 1.86 bits per heavy atom. The number of hydrogen-bond acceptors (Lipinski definition) is 2. The zero-order chi connectivity index (χ0) is 10.9. The first kappa shape index (κ1) is 11.0. The van der Waals surface area contributed by atoms with Gasteiger partial charge in [0.25, 0.3) is 0 Å². The number of carbonyl (C=O) groups is 2. The summed E-state index contributed by atoms with van der Waals surface area (Å²) in [6.07, 6.45) is 1.78. The fourth-order valence-corrected chi connectivity index (χ4v) is 1.25. The Kier molecular flexibility index (Phi) is 2.83. The molecule has 1 atom stereocenters. The van der Waals surface area contributed by atoms with Gasteiger partial charge in [-0.15, -0.1) is 0 Å². The average Bonchev–Trinajstić information content (AvgIpc) is 2.78. The fraction of sp³-hybridized carbons (Fsp3) is 0.800. The molecule has 0 aliphatic heterocycles. The van der Waals surface area contributed by atoms with Gasteiger partial charge in [-0.1, -0.05) is 20.8 Å². The van der Waals surface area contributed by atoms with Crippen LogP contribution in [0.15, 0.2) is 0 Å². The number of nitrogens with one attached hydrogen (secondary N) is 1. The lowest BCUT2D eigenvalue weighted by atomic mass is 9.86. The van der Waals surface area contributed by atoms with Crippen molar-refractivity contribution in [1.29, 1.82) is 0 Å². The molecule has 2 N–H and O–H groups in total. The van der Waals surface area contributed by atoms with Crippen LogP contribution in [0.3, 0.4) is 0 Å². The van der Waals surface area contributed by atoms with E-state index in [0.29, 0.717) is 0 Å². The maximum atomic E-state index is 11.4. The third-order valence-electron chi connectivity index (χ3n) is 2.35. The molecule has 0 aromatic rings. The van der Waals surface area contributed by atoms with Crippen LogP contribution in [0.2, 0.25) is 0 Å². The Balaban J connectivity index is 2.59. The fourth-order valence-electron chi connectivity index (χ4n) is 1.25. The number of rotatable bonds is 3. The molecule has 80 valence electrons. The van der Waals surface area contributed by atoms with E-state index in [0.717, 1.165) is 12.8 Å². The van der Waals surface area contributed by atoms with Crippen LogP contribution >= 0.6 is 0 Å². The van der Waals surface area contributed by atoms with Crippen molar-refractivity contribution >= 4 is 11.9 Å². The summed E-state index contributed by atoms with van der Waals surface area (Å²) in [5.41, 5.74) is -0.448. The first-order valence-corrected chi connectivity index (χ1v) is 4.85. The molecule has 0 aromatic heterocycles. The van der Waals surface area contributed by atoms with E-state index in [2.05, 4.69) is 5.32 Å². The summed E-state index contributed by atoms with van der Waals surface area (Å²) in [4.78, 5) is 22.3. The first-order valence-electron chi connectivity index (χ1n) is 4.85. The minimum atomic E-state index is -0.966. The summed E-state index contributed by atoms with van der Waals surface area (Å²) in [6.45, 7) is 5.41. The molecule has 1 saturated carbocycles. The lowest BCUT2D eigenvalue weighted by Gasteiger charge is -2.27. The lowest BCUT2D eigenvalue weighted by molar-refractivity contribution is -0.145. The van der Waals surface area contributed by atoms with Crippen LogP contribution < -0.4 is 5.32 Å². The number of carboxylic acids is 1. The average molecular weight is 199 g/mol. The topological polar surface area (TPSA) is 66.4 Å². The van der Waals surface area contributed by atoms with Crippen molar-refractivity contribution < 1.29 is 14.7 Å². The van der Waals surface area contributed by atoms with E-state index in [1.165, 1.54) is 0 Å². The van der Waals surface area contributed by atoms with Crippen LogP contribution in [-0.2, 0) is 9.59 Å². The zero-order valence-corrected chi connectivity index (χ0v) is 8.83. The Hall–Kier alpha value is -1.06. The van der Waals surface area contributed by atoms with Gasteiger partial charge in [-0.25, -0.2) is 4.79 Å². The predicted molar refractivity (Wildman–Crippen MR) is 51.7 cm³/mol. The van der Waals surface area contributed by atoms with Crippen molar-refractivity contribution in [2.75, 3.05) is 0 Å². The molecule has 0 saturated heterocycles. The summed E-state index contributed by atoms with van der Waals surface area (Å²) in [7, 11) is 0. The largest absolute Gasteiger partial charge is 0.480 e. The minimum Gasteiger partial charge on any atom is -0.480 e. The van der Waals surface area contributed by atoms with E-state index in [9.17, 15) is 9.59 Å². The van der Waals surface area contributed by atoms with Crippen molar-refractivity contribution in [1.82, 2.24) is 5.32 Å². The molecular weight excluding hydrogens is 182 g/mol. The molecular formula is C10H17NO3. The number of carboxylic acid groups (broad SMARTS) is 1. The van der Waals surface area contributed by atoms with Crippen molar-refractivity contribution in [2.24, 2.45) is 11.3 Å². The van der Waals surface area contributed by atoms with Crippen molar-refractivity contribution in [3.8, 4) is 0 Å². The van der Waals surface area contributed by atoms with Gasteiger partial charge in [0.15, 0.2) is 0 Å². The zero-order valence-electron chi connectivity index (χ0n) is 8.83. The van der Waals surface area contributed by atoms with Gasteiger partial charge in [0.05, 0.1) is 0 Å². The predicted octanol–water partition coefficient (Wildman–Crippen LogP) is 1.01. The minimum absolute atomic E-state index is 0.0548. The second kappa shape index (κ2) is 3.59. The number of aliphatic carboxylic acids is 1. The third kappa shape index (κ3) is 2.72. The summed E-state index contributed by atoms with van der Waals surface area (Å²) in [6, 6.07) is -0.796. The van der Waals surface area contributed by atoms with E-state index in [1.54, 1.807) is 20.8 Å². The van der Waals surface area contributed by atoms with E-state index in [4.69, 9.17) is 5.11 Å². The van der Waals surface area contributed by atoms with E-state index < -0.39 is 17.4 Å². The Labute approximate surface area is 83.7 Å². The second-order valence-corrected chi connectivity index (χ2v) is 4.92. The van der Waals surface area contributed by atoms with Gasteiger partial charge in [-0.3, -0.25) is 4.79 Å². The maximum Gasteiger partial charge on any atom is 0.326 e. The molecule has 0 spiro atoms. The van der Waals surface area contributed by atoms with E-state index in [1.807, 2.05) is 0 Å². The van der Waals surface area contributed by atoms with Crippen molar-refractivity contribution in [3.05, 3.63) is 0 Å². The number of hydrogen-bond donors (Lipinski definition) is 2. The van der Waals surface area contributed by atoms with Gasteiger partial charge in [-0.05, 0) is 18.3 Å². The summed E-state index contributed by atoms with van der Waals surface area (Å²) < 4.78 is 0. The Morgan fingerprint density at radius 1 is 1.36 bits per heavy atom. The molecule has 14 heavy (non-hydrogen) atoms. The SMILES string of the molecule is CC(C)(C)C(NC(=O)C1CC1)C(=O)O. The third-order valence-corrected chi connectivity index (χ3v) is 2.35. The van der Waals surface area contributed by atoms with Crippen molar-refractivity contribution in [3.63, 3.8) is 0 Å². The van der Waals surface area contributed by atoms with Gasteiger partial charge in [0, 0.05) is 5.92 Å². The smallest absolute Gasteiger partial charge is 0.326 e. The molecule has 1 unspecified atom stereocenters. The molecule has 0 bridgehead atoms. The highest BCUT2D eigenvalue weighted by Gasteiger charge is 2.37. The molecule has 4 nitrogen and oxygen atoms in total. The monoisotopic (exact) mass is 199 g/mol. The Morgan fingerprint density at radius 3 is 2.14 bits per heavy atom. The highest BCUT2D eigenvalue weighted by Crippen LogP contribution is 2.30. The normalized spacial score (nSPS) is 18.8. The van der Waals surface area contributed by atoms with Gasteiger partial charge in [0.2, 0.25) is 5.91 Å². The molecule has 1 amide bonds. The summed E-state index contributed by atoms with van der Waals surface area (Å²) in [5.74, 6) is -1.03. The van der Waals surface area contributed by atoms with Gasteiger partial charge >= 0.3 is 5.97 Å². The molecule has 0 aromatic carbocycles. The summed E-state index contributed by atoms with van der Waals surface area (Å²) in [5, 5.41) is 11.5. The van der Waals surface area contributed by atoms with Gasteiger partial charge in [-0.2, -0.15) is 0 Å². The molecule has 0 radical (unpaired) electrons. The van der Waals surface area contributed by atoms with Crippen LogP contribution in [0, 0.1) is 11.3 Å². The lowest BCUT2D eigenvalue weighted by Crippen LogP contribution is -2.49. The Bertz CT molecular complexity index is 251. The maximum absolute atomic E-state index is 11.4. The molecule has 0 heterocycles. The van der Waals surface area contributed by atoms with E-state index >= 15 is 0 Å². The van der Waals surface area contributed by atoms with Crippen LogP contribution in [0.1, 0.15) is 33.6 Å². The standard InChI is InChI=1S/C10H17NO3/c1-10(2,3)7(9(13)14)11-8(12)6-4-5-6/h6-7H,4-5H2,1-3H3,(H,11,12)(H,13,14). The number of carbonyl (C=O) groups excluding carboxylic acids is 1. The molecule has 1 fully saturated rings. The van der Waals surface area contributed by atoms with Crippen LogP contribution in [0.5, 0.6) is 0 Å². The highest BCUT2D eigenvalue weighted by molar-refractivity contribution is 5.86. The van der Waals surface area contributed by atoms with Gasteiger partial charge < -0.3 is 10.4 Å². The van der Waals surface area contributed by atoms with Gasteiger partial charge in [0.1, 0.15) is 6.04 Å². The quantitative estimate of drug-likeness (QED) is 0.713. The highest BCUT2D eigenvalue weighted by atomic mass is 16.4.